The predicted octanol–water partition coefficient (Wildman–Crippen LogP) is 2.89. The van der Waals surface area contributed by atoms with Gasteiger partial charge in [-0.3, -0.25) is 4.79 Å². The molecule has 3 rings (SSSR count). The zero-order valence-electron chi connectivity index (χ0n) is 9.47. The van der Waals surface area contributed by atoms with Crippen molar-refractivity contribution in [3.8, 4) is 11.1 Å². The highest BCUT2D eigenvalue weighted by Gasteiger charge is 2.30. The Balaban J connectivity index is 2.41. The fourth-order valence-electron chi connectivity index (χ4n) is 2.49. The number of aliphatic hydroxyl groups excluding tert-OH is 1. The summed E-state index contributed by atoms with van der Waals surface area (Å²) in [4.78, 5) is 12.0. The van der Waals surface area contributed by atoms with Crippen molar-refractivity contribution < 1.29 is 9.90 Å². The summed E-state index contributed by atoms with van der Waals surface area (Å²) in [6.07, 6.45) is -1.03. The largest absolute Gasteiger partial charge is 0.380 e. The maximum atomic E-state index is 12.0. The number of fused-ring (bicyclic) bond motifs is 3. The summed E-state index contributed by atoms with van der Waals surface area (Å²) in [5, 5.41) is 10.1. The molecule has 0 saturated carbocycles. The summed E-state index contributed by atoms with van der Waals surface area (Å²) in [5.74, 6) is -0.210. The molecule has 0 bridgehead atoms. The minimum absolute atomic E-state index is 0.210. The molecule has 0 saturated heterocycles. The van der Waals surface area contributed by atoms with Gasteiger partial charge in [0.15, 0.2) is 5.78 Å². The van der Waals surface area contributed by atoms with E-state index in [-0.39, 0.29) is 5.78 Å². The first-order valence-electron chi connectivity index (χ1n) is 5.61. The number of benzene rings is 2. The molecule has 0 aromatic heterocycles. The van der Waals surface area contributed by atoms with Crippen LogP contribution < -0.4 is 0 Å². The molecule has 0 fully saturated rings. The molecule has 1 unspecified atom stereocenters. The summed E-state index contributed by atoms with van der Waals surface area (Å²) in [6.45, 7) is 2.00. The molecular formula is C15H12O2. The number of Topliss-reactive ketones (excluding diaryl/α,β-unsaturated/α-hetero) is 1. The number of hydrogen-bond acceptors (Lipinski definition) is 2. The predicted molar refractivity (Wildman–Crippen MR) is 65.9 cm³/mol. The lowest BCUT2D eigenvalue weighted by Gasteiger charge is -2.24. The molecule has 2 nitrogen and oxygen atoms in total. The minimum Gasteiger partial charge on any atom is -0.380 e. The minimum atomic E-state index is -1.03. The molecule has 2 aromatic rings. The van der Waals surface area contributed by atoms with Crippen LogP contribution in [0.2, 0.25) is 0 Å². The third-order valence-electron chi connectivity index (χ3n) is 3.31. The molecular weight excluding hydrogens is 212 g/mol. The molecule has 1 atom stereocenters. The zero-order chi connectivity index (χ0) is 12.0. The Labute approximate surface area is 99.5 Å². The summed E-state index contributed by atoms with van der Waals surface area (Å²) < 4.78 is 0. The van der Waals surface area contributed by atoms with Crippen LogP contribution in [0.4, 0.5) is 0 Å². The molecule has 0 aliphatic heterocycles. The first-order valence-corrected chi connectivity index (χ1v) is 5.61. The van der Waals surface area contributed by atoms with Crippen LogP contribution in [-0.4, -0.2) is 10.9 Å². The highest BCUT2D eigenvalue weighted by Crippen LogP contribution is 2.39. The lowest BCUT2D eigenvalue weighted by molar-refractivity contribution is 0.0744. The van der Waals surface area contributed by atoms with Crippen molar-refractivity contribution in [3.63, 3.8) is 0 Å². The third-order valence-corrected chi connectivity index (χ3v) is 3.31. The van der Waals surface area contributed by atoms with Crippen molar-refractivity contribution in [1.29, 1.82) is 0 Å². The molecule has 17 heavy (non-hydrogen) atoms. The van der Waals surface area contributed by atoms with Crippen molar-refractivity contribution in [1.82, 2.24) is 0 Å². The standard InChI is InChI=1S/C15H12O2/c1-9-5-4-8-12-13(9)10-6-2-3-7-11(10)14(16)15(12)17/h2-8,15,17H,1H3. The molecule has 1 aliphatic carbocycles. The van der Waals surface area contributed by atoms with E-state index < -0.39 is 6.10 Å². The van der Waals surface area contributed by atoms with Crippen LogP contribution in [0.5, 0.6) is 0 Å². The van der Waals surface area contributed by atoms with E-state index in [1.165, 1.54) is 0 Å². The van der Waals surface area contributed by atoms with E-state index in [1.807, 2.05) is 43.3 Å². The molecule has 1 N–H and O–H groups in total. The van der Waals surface area contributed by atoms with Gasteiger partial charge in [0.1, 0.15) is 6.10 Å². The van der Waals surface area contributed by atoms with Crippen LogP contribution in [0.25, 0.3) is 11.1 Å². The number of carbonyl (C=O) groups is 1. The topological polar surface area (TPSA) is 37.3 Å². The van der Waals surface area contributed by atoms with Gasteiger partial charge in [-0.05, 0) is 29.2 Å². The average molecular weight is 224 g/mol. The zero-order valence-corrected chi connectivity index (χ0v) is 9.47. The van der Waals surface area contributed by atoms with E-state index in [0.717, 1.165) is 16.7 Å². The van der Waals surface area contributed by atoms with Crippen LogP contribution in [0, 0.1) is 6.92 Å². The quantitative estimate of drug-likeness (QED) is 0.747. The Bertz CT molecular complexity index is 614. The number of aliphatic hydroxyl groups is 1. The fraction of sp³-hybridized carbons (Fsp3) is 0.133. The van der Waals surface area contributed by atoms with E-state index in [4.69, 9.17) is 0 Å². The van der Waals surface area contributed by atoms with Crippen molar-refractivity contribution in [3.05, 3.63) is 59.2 Å². The first-order chi connectivity index (χ1) is 8.20. The third kappa shape index (κ3) is 1.34. The highest BCUT2D eigenvalue weighted by atomic mass is 16.3. The smallest absolute Gasteiger partial charge is 0.196 e. The molecule has 2 heteroatoms. The van der Waals surface area contributed by atoms with Crippen molar-refractivity contribution >= 4 is 5.78 Å². The average Bonchev–Trinajstić information content (AvgIpc) is 2.36. The van der Waals surface area contributed by atoms with Gasteiger partial charge in [0.2, 0.25) is 0 Å². The van der Waals surface area contributed by atoms with E-state index in [1.54, 1.807) is 6.07 Å². The fourth-order valence-corrected chi connectivity index (χ4v) is 2.49. The van der Waals surface area contributed by atoms with Crippen molar-refractivity contribution in [2.75, 3.05) is 0 Å². The SMILES string of the molecule is Cc1cccc2c1-c1ccccc1C(=O)C2O. The lowest BCUT2D eigenvalue weighted by atomic mass is 9.81. The van der Waals surface area contributed by atoms with Gasteiger partial charge in [0.05, 0.1) is 0 Å². The summed E-state index contributed by atoms with van der Waals surface area (Å²) in [6, 6.07) is 13.1. The Morgan fingerprint density at radius 1 is 1.00 bits per heavy atom. The second-order valence-electron chi connectivity index (χ2n) is 4.35. The van der Waals surface area contributed by atoms with Gasteiger partial charge in [-0.15, -0.1) is 0 Å². The van der Waals surface area contributed by atoms with Gasteiger partial charge in [0, 0.05) is 5.56 Å². The van der Waals surface area contributed by atoms with E-state index in [0.29, 0.717) is 11.1 Å². The van der Waals surface area contributed by atoms with Crippen LogP contribution in [0.15, 0.2) is 42.5 Å². The van der Waals surface area contributed by atoms with Crippen LogP contribution in [0.3, 0.4) is 0 Å². The van der Waals surface area contributed by atoms with Gasteiger partial charge in [-0.2, -0.15) is 0 Å². The maximum Gasteiger partial charge on any atom is 0.196 e. The van der Waals surface area contributed by atoms with Crippen LogP contribution in [-0.2, 0) is 0 Å². The van der Waals surface area contributed by atoms with E-state index in [2.05, 4.69) is 0 Å². The van der Waals surface area contributed by atoms with Gasteiger partial charge < -0.3 is 5.11 Å². The van der Waals surface area contributed by atoms with Gasteiger partial charge in [-0.25, -0.2) is 0 Å². The van der Waals surface area contributed by atoms with Crippen molar-refractivity contribution in [2.24, 2.45) is 0 Å². The molecule has 0 spiro atoms. The second-order valence-corrected chi connectivity index (χ2v) is 4.35. The number of carbonyl (C=O) groups excluding carboxylic acids is 1. The molecule has 2 aromatic carbocycles. The Morgan fingerprint density at radius 3 is 2.47 bits per heavy atom. The Morgan fingerprint density at radius 2 is 1.71 bits per heavy atom. The van der Waals surface area contributed by atoms with E-state index in [9.17, 15) is 9.90 Å². The molecule has 0 amide bonds. The molecule has 84 valence electrons. The number of aryl methyl sites for hydroxylation is 1. The summed E-state index contributed by atoms with van der Waals surface area (Å²) >= 11 is 0. The monoisotopic (exact) mass is 224 g/mol. The Hall–Kier alpha value is -1.93. The lowest BCUT2D eigenvalue weighted by Crippen LogP contribution is -2.19. The summed E-state index contributed by atoms with van der Waals surface area (Å²) in [7, 11) is 0. The number of rotatable bonds is 0. The van der Waals surface area contributed by atoms with Gasteiger partial charge in [-0.1, -0.05) is 42.5 Å². The van der Waals surface area contributed by atoms with Crippen molar-refractivity contribution in [2.45, 2.75) is 13.0 Å². The molecule has 1 aliphatic rings. The number of hydrogen-bond donors (Lipinski definition) is 1. The van der Waals surface area contributed by atoms with Crippen LogP contribution in [0.1, 0.15) is 27.6 Å². The second kappa shape index (κ2) is 3.54. The van der Waals surface area contributed by atoms with Crippen LogP contribution >= 0.6 is 0 Å². The highest BCUT2D eigenvalue weighted by molar-refractivity contribution is 6.09. The molecule has 0 heterocycles. The molecule has 0 radical (unpaired) electrons. The van der Waals surface area contributed by atoms with Gasteiger partial charge in [0.25, 0.3) is 0 Å². The van der Waals surface area contributed by atoms with E-state index >= 15 is 0 Å². The first kappa shape index (κ1) is 10.2. The normalized spacial score (nSPS) is 17.5. The summed E-state index contributed by atoms with van der Waals surface area (Å²) in [5.41, 5.74) is 4.34. The Kier molecular flexibility index (Phi) is 2.13. The number of ketones is 1. The maximum absolute atomic E-state index is 12.0. The van der Waals surface area contributed by atoms with Gasteiger partial charge >= 0.3 is 0 Å².